The fourth-order valence-corrected chi connectivity index (χ4v) is 3.26. The minimum Gasteiger partial charge on any atom is -0.379 e. The van der Waals surface area contributed by atoms with E-state index in [9.17, 15) is 14.9 Å². The number of hydrogen-bond acceptors (Lipinski definition) is 5. The summed E-state index contributed by atoms with van der Waals surface area (Å²) >= 11 is 0. The molecule has 1 saturated heterocycles. The van der Waals surface area contributed by atoms with E-state index < -0.39 is 4.92 Å². The van der Waals surface area contributed by atoms with Crippen molar-refractivity contribution in [2.24, 2.45) is 0 Å². The van der Waals surface area contributed by atoms with E-state index in [1.807, 2.05) is 31.2 Å². The number of nitrogens with zero attached hydrogens (tertiary/aromatic N) is 2. The zero-order chi connectivity index (χ0) is 20.6. The van der Waals surface area contributed by atoms with Crippen LogP contribution < -0.4 is 5.32 Å². The fraction of sp³-hybridized carbons (Fsp3) is 0.318. The van der Waals surface area contributed by atoms with Gasteiger partial charge in [-0.25, -0.2) is 0 Å². The Kier molecular flexibility index (Phi) is 7.10. The van der Waals surface area contributed by atoms with Gasteiger partial charge in [0.2, 0.25) is 5.91 Å². The second-order valence-electron chi connectivity index (χ2n) is 7.03. The van der Waals surface area contributed by atoms with Gasteiger partial charge in [0, 0.05) is 31.8 Å². The smallest absolute Gasteiger partial charge is 0.276 e. The van der Waals surface area contributed by atoms with Crippen molar-refractivity contribution in [2.75, 3.05) is 32.8 Å². The van der Waals surface area contributed by atoms with Crippen LogP contribution in [0.1, 0.15) is 22.7 Å². The predicted octanol–water partition coefficient (Wildman–Crippen LogP) is 3.11. The van der Waals surface area contributed by atoms with E-state index in [4.69, 9.17) is 4.74 Å². The Balaban J connectivity index is 1.73. The third kappa shape index (κ3) is 5.97. The van der Waals surface area contributed by atoms with Crippen LogP contribution >= 0.6 is 0 Å². The molecule has 1 N–H and O–H groups in total. The van der Waals surface area contributed by atoms with Crippen LogP contribution in [0.15, 0.2) is 54.6 Å². The molecule has 0 aliphatic carbocycles. The number of morpholine rings is 1. The summed E-state index contributed by atoms with van der Waals surface area (Å²) in [5, 5.41) is 14.2. The number of rotatable bonds is 7. The van der Waals surface area contributed by atoms with E-state index in [1.54, 1.807) is 18.2 Å². The van der Waals surface area contributed by atoms with Gasteiger partial charge in [-0.15, -0.1) is 0 Å². The number of carbonyl (C=O) groups excluding carboxylic acids is 1. The molecule has 1 fully saturated rings. The lowest BCUT2D eigenvalue weighted by molar-refractivity contribution is -0.385. The Labute approximate surface area is 170 Å². The summed E-state index contributed by atoms with van der Waals surface area (Å²) in [6.45, 7) is 5.72. The number of aryl methyl sites for hydroxylation is 1. The number of carbonyl (C=O) groups is 1. The van der Waals surface area contributed by atoms with Gasteiger partial charge in [-0.3, -0.25) is 19.8 Å². The first kappa shape index (κ1) is 20.7. The Hall–Kier alpha value is -3.03. The van der Waals surface area contributed by atoms with Crippen LogP contribution in [-0.4, -0.2) is 48.6 Å². The molecule has 0 aromatic heterocycles. The average Bonchev–Trinajstić information content (AvgIpc) is 2.73. The van der Waals surface area contributed by atoms with Gasteiger partial charge in [0.1, 0.15) is 0 Å². The van der Waals surface area contributed by atoms with Crippen molar-refractivity contribution in [3.8, 4) is 0 Å². The molecule has 1 aliphatic heterocycles. The van der Waals surface area contributed by atoms with Gasteiger partial charge in [-0.05, 0) is 24.6 Å². The molecular formula is C22H25N3O4. The molecule has 152 valence electrons. The number of nitro benzene ring substituents is 1. The van der Waals surface area contributed by atoms with Crippen LogP contribution in [-0.2, 0) is 9.53 Å². The van der Waals surface area contributed by atoms with Crippen molar-refractivity contribution in [1.82, 2.24) is 10.2 Å². The quantitative estimate of drug-likeness (QED) is 0.442. The monoisotopic (exact) mass is 395 g/mol. The molecule has 0 bridgehead atoms. The van der Waals surface area contributed by atoms with Gasteiger partial charge < -0.3 is 10.1 Å². The maximum Gasteiger partial charge on any atom is 0.276 e. The fourth-order valence-electron chi connectivity index (χ4n) is 3.26. The molecule has 2 aromatic carbocycles. The Bertz CT molecular complexity index is 874. The largest absolute Gasteiger partial charge is 0.379 e. The van der Waals surface area contributed by atoms with Gasteiger partial charge in [0.15, 0.2) is 0 Å². The first-order chi connectivity index (χ1) is 14.0. The highest BCUT2D eigenvalue weighted by atomic mass is 16.6. The Morgan fingerprint density at radius 1 is 1.21 bits per heavy atom. The van der Waals surface area contributed by atoms with E-state index in [0.29, 0.717) is 25.3 Å². The number of benzene rings is 2. The van der Waals surface area contributed by atoms with Crippen molar-refractivity contribution < 1.29 is 14.5 Å². The first-order valence-electron chi connectivity index (χ1n) is 9.61. The summed E-state index contributed by atoms with van der Waals surface area (Å²) in [4.78, 5) is 25.5. The summed E-state index contributed by atoms with van der Waals surface area (Å²) in [5.74, 6) is -0.290. The van der Waals surface area contributed by atoms with Crippen LogP contribution in [0.5, 0.6) is 0 Å². The SMILES string of the molecule is Cc1ccc([C@@H](CN2CCOCC2)NC(=O)/C=C/c2ccccc2[N+](=O)[O-])cc1. The van der Waals surface area contributed by atoms with Crippen LogP contribution in [0.2, 0.25) is 0 Å². The average molecular weight is 395 g/mol. The molecule has 0 unspecified atom stereocenters. The van der Waals surface area contributed by atoms with Crippen molar-refractivity contribution in [3.63, 3.8) is 0 Å². The number of nitro groups is 1. The highest BCUT2D eigenvalue weighted by molar-refractivity contribution is 5.92. The summed E-state index contributed by atoms with van der Waals surface area (Å²) in [6.07, 6.45) is 2.83. The second-order valence-corrected chi connectivity index (χ2v) is 7.03. The molecule has 29 heavy (non-hydrogen) atoms. The molecule has 7 nitrogen and oxygen atoms in total. The van der Waals surface area contributed by atoms with Gasteiger partial charge in [0.05, 0.1) is 29.7 Å². The zero-order valence-electron chi connectivity index (χ0n) is 16.4. The number of amides is 1. The summed E-state index contributed by atoms with van der Waals surface area (Å²) < 4.78 is 5.41. The predicted molar refractivity (Wildman–Crippen MR) is 111 cm³/mol. The van der Waals surface area contributed by atoms with Crippen molar-refractivity contribution in [1.29, 1.82) is 0 Å². The normalized spacial score (nSPS) is 15.9. The lowest BCUT2D eigenvalue weighted by atomic mass is 10.0. The molecule has 1 aliphatic rings. The molecular weight excluding hydrogens is 370 g/mol. The number of ether oxygens (including phenoxy) is 1. The summed E-state index contributed by atoms with van der Waals surface area (Å²) in [6, 6.07) is 14.3. The molecule has 0 saturated carbocycles. The van der Waals surface area contributed by atoms with Gasteiger partial charge in [-0.1, -0.05) is 42.0 Å². The van der Waals surface area contributed by atoms with Crippen LogP contribution in [0.4, 0.5) is 5.69 Å². The molecule has 2 aromatic rings. The maximum absolute atomic E-state index is 12.6. The molecule has 3 rings (SSSR count). The van der Waals surface area contributed by atoms with Crippen LogP contribution in [0.3, 0.4) is 0 Å². The van der Waals surface area contributed by atoms with Crippen molar-refractivity contribution in [3.05, 3.63) is 81.4 Å². The van der Waals surface area contributed by atoms with Gasteiger partial charge in [-0.2, -0.15) is 0 Å². The van der Waals surface area contributed by atoms with E-state index in [0.717, 1.165) is 24.2 Å². The molecule has 1 atom stereocenters. The van der Waals surface area contributed by atoms with Gasteiger partial charge >= 0.3 is 0 Å². The van der Waals surface area contributed by atoms with Gasteiger partial charge in [0.25, 0.3) is 5.69 Å². The first-order valence-corrected chi connectivity index (χ1v) is 9.61. The lowest BCUT2D eigenvalue weighted by Crippen LogP contribution is -2.42. The van der Waals surface area contributed by atoms with E-state index in [1.165, 1.54) is 18.2 Å². The summed E-state index contributed by atoms with van der Waals surface area (Å²) in [7, 11) is 0. The molecule has 0 radical (unpaired) electrons. The third-order valence-electron chi connectivity index (χ3n) is 4.89. The molecule has 1 heterocycles. The molecule has 7 heteroatoms. The zero-order valence-corrected chi connectivity index (χ0v) is 16.4. The molecule has 0 spiro atoms. The maximum atomic E-state index is 12.6. The van der Waals surface area contributed by atoms with E-state index in [-0.39, 0.29) is 17.6 Å². The molecule has 1 amide bonds. The number of hydrogen-bond donors (Lipinski definition) is 1. The van der Waals surface area contributed by atoms with Crippen molar-refractivity contribution >= 4 is 17.7 Å². The second kappa shape index (κ2) is 9.95. The number of para-hydroxylation sites is 1. The topological polar surface area (TPSA) is 84.7 Å². The number of nitrogens with one attached hydrogen (secondary N) is 1. The van der Waals surface area contributed by atoms with Crippen molar-refractivity contribution in [2.45, 2.75) is 13.0 Å². The Morgan fingerprint density at radius 3 is 2.59 bits per heavy atom. The lowest BCUT2D eigenvalue weighted by Gasteiger charge is -2.31. The van der Waals surface area contributed by atoms with E-state index in [2.05, 4.69) is 10.2 Å². The highest BCUT2D eigenvalue weighted by Crippen LogP contribution is 2.20. The van der Waals surface area contributed by atoms with Crippen LogP contribution in [0, 0.1) is 17.0 Å². The minimum atomic E-state index is -0.453. The highest BCUT2D eigenvalue weighted by Gasteiger charge is 2.19. The van der Waals surface area contributed by atoms with Crippen LogP contribution in [0.25, 0.3) is 6.08 Å². The minimum absolute atomic E-state index is 0.0278. The summed E-state index contributed by atoms with van der Waals surface area (Å²) in [5.41, 5.74) is 2.55. The standard InChI is InChI=1S/C22H25N3O4/c1-17-6-8-18(9-7-17)20(16-24-12-14-29-15-13-24)23-22(26)11-10-19-4-2-3-5-21(19)25(27)28/h2-11,20H,12-16H2,1H3,(H,23,26)/b11-10+/t20-/m1/s1. The third-order valence-corrected chi connectivity index (χ3v) is 4.89. The van der Waals surface area contributed by atoms with E-state index >= 15 is 0 Å². The Morgan fingerprint density at radius 2 is 1.90 bits per heavy atom.